The van der Waals surface area contributed by atoms with Gasteiger partial charge in [0.1, 0.15) is 5.75 Å². The van der Waals surface area contributed by atoms with Crippen LogP contribution in [0.15, 0.2) is 42.5 Å². The van der Waals surface area contributed by atoms with Gasteiger partial charge in [0.25, 0.3) is 0 Å². The van der Waals surface area contributed by atoms with Crippen LogP contribution in [0.5, 0.6) is 5.75 Å². The summed E-state index contributed by atoms with van der Waals surface area (Å²) in [6.45, 7) is 4.22. The van der Waals surface area contributed by atoms with Gasteiger partial charge in [0.15, 0.2) is 0 Å². The maximum Gasteiger partial charge on any atom is 0.119 e. The summed E-state index contributed by atoms with van der Waals surface area (Å²) < 4.78 is 0. The van der Waals surface area contributed by atoms with Crippen LogP contribution in [0.3, 0.4) is 0 Å². The summed E-state index contributed by atoms with van der Waals surface area (Å²) in [5.41, 5.74) is 4.64. The molecule has 0 fully saturated rings. The molecule has 0 bridgehead atoms. The van der Waals surface area contributed by atoms with E-state index in [1.807, 2.05) is 24.3 Å². The molecule has 0 saturated carbocycles. The molecule has 2 rings (SSSR count). The zero-order chi connectivity index (χ0) is 12.3. The lowest BCUT2D eigenvalue weighted by molar-refractivity contribution is 0.469. The van der Waals surface area contributed by atoms with Crippen LogP contribution >= 0.6 is 0 Å². The molecule has 88 valence electrons. The Hall–Kier alpha value is -1.76. The van der Waals surface area contributed by atoms with Gasteiger partial charge in [-0.2, -0.15) is 0 Å². The first-order valence-corrected chi connectivity index (χ1v) is 6.16. The quantitative estimate of drug-likeness (QED) is 0.832. The summed E-state index contributed by atoms with van der Waals surface area (Å²) in [5.74, 6) is 0.406. The minimum atomic E-state index is 0.406. The van der Waals surface area contributed by atoms with E-state index in [4.69, 9.17) is 0 Å². The number of hydrogen-bond acceptors (Lipinski definition) is 1. The zero-order valence-corrected chi connectivity index (χ0v) is 10.4. The van der Waals surface area contributed by atoms with E-state index >= 15 is 0 Å². The van der Waals surface area contributed by atoms with Crippen LogP contribution in [0.4, 0.5) is 0 Å². The molecule has 0 unspecified atom stereocenters. The Balaban J connectivity index is 2.58. The van der Waals surface area contributed by atoms with Crippen LogP contribution in [0, 0.1) is 0 Å². The van der Waals surface area contributed by atoms with E-state index in [9.17, 15) is 5.11 Å². The molecule has 1 nitrogen and oxygen atoms in total. The van der Waals surface area contributed by atoms with E-state index in [2.05, 4.69) is 32.0 Å². The fourth-order valence-corrected chi connectivity index (χ4v) is 2.15. The van der Waals surface area contributed by atoms with Crippen LogP contribution in [-0.2, 0) is 12.8 Å². The highest BCUT2D eigenvalue weighted by atomic mass is 16.3. The van der Waals surface area contributed by atoms with Crippen LogP contribution in [0.2, 0.25) is 0 Å². The molecule has 0 radical (unpaired) electrons. The Morgan fingerprint density at radius 3 is 2.12 bits per heavy atom. The average molecular weight is 226 g/mol. The molecule has 0 aliphatic rings. The summed E-state index contributed by atoms with van der Waals surface area (Å²) in [6.07, 6.45) is 1.85. The molecule has 0 spiro atoms. The molecule has 0 amide bonds. The molecule has 2 aromatic rings. The molecule has 0 aliphatic carbocycles. The van der Waals surface area contributed by atoms with Gasteiger partial charge >= 0.3 is 0 Å². The van der Waals surface area contributed by atoms with Crippen molar-refractivity contribution in [2.75, 3.05) is 0 Å². The summed E-state index contributed by atoms with van der Waals surface area (Å²) in [4.78, 5) is 0. The van der Waals surface area contributed by atoms with Crippen LogP contribution < -0.4 is 0 Å². The lowest BCUT2D eigenvalue weighted by Gasteiger charge is -2.12. The van der Waals surface area contributed by atoms with E-state index in [0.29, 0.717) is 5.75 Å². The zero-order valence-electron chi connectivity index (χ0n) is 10.4. The summed E-state index contributed by atoms with van der Waals surface area (Å²) in [7, 11) is 0. The number of hydrogen-bond donors (Lipinski definition) is 1. The Morgan fingerprint density at radius 1 is 0.882 bits per heavy atom. The van der Waals surface area contributed by atoms with E-state index in [1.165, 1.54) is 11.1 Å². The second kappa shape index (κ2) is 5.05. The molecule has 0 saturated heterocycles. The number of benzene rings is 2. The van der Waals surface area contributed by atoms with Crippen LogP contribution in [0.1, 0.15) is 25.0 Å². The number of phenolic OH excluding ortho intramolecular Hbond substituents is 1. The van der Waals surface area contributed by atoms with Gasteiger partial charge in [-0.15, -0.1) is 0 Å². The SMILES string of the molecule is CCc1cc(CC)c(-c2ccccc2)cc1O. The Labute approximate surface area is 103 Å². The predicted octanol–water partition coefficient (Wildman–Crippen LogP) is 4.18. The molecule has 0 aliphatic heterocycles. The summed E-state index contributed by atoms with van der Waals surface area (Å²) in [5, 5.41) is 9.97. The Bertz CT molecular complexity index is 500. The van der Waals surface area contributed by atoms with Crippen molar-refractivity contribution in [2.45, 2.75) is 26.7 Å². The van der Waals surface area contributed by atoms with Crippen molar-refractivity contribution in [3.8, 4) is 16.9 Å². The van der Waals surface area contributed by atoms with E-state index in [-0.39, 0.29) is 0 Å². The first-order valence-electron chi connectivity index (χ1n) is 6.16. The molecule has 1 N–H and O–H groups in total. The van der Waals surface area contributed by atoms with Crippen LogP contribution in [-0.4, -0.2) is 5.11 Å². The van der Waals surface area contributed by atoms with Gasteiger partial charge in [-0.25, -0.2) is 0 Å². The maximum atomic E-state index is 9.97. The standard InChI is InChI=1S/C16H18O/c1-3-12-10-13(4-2)16(17)11-15(12)14-8-6-5-7-9-14/h5-11,17H,3-4H2,1-2H3. The van der Waals surface area contributed by atoms with Gasteiger partial charge in [0, 0.05) is 0 Å². The van der Waals surface area contributed by atoms with Gasteiger partial charge in [-0.1, -0.05) is 50.2 Å². The fraction of sp³-hybridized carbons (Fsp3) is 0.250. The topological polar surface area (TPSA) is 20.2 Å². The molecule has 0 aromatic heterocycles. The molecular weight excluding hydrogens is 208 g/mol. The smallest absolute Gasteiger partial charge is 0.119 e. The number of phenols is 1. The molecule has 17 heavy (non-hydrogen) atoms. The van der Waals surface area contributed by atoms with Crippen LogP contribution in [0.25, 0.3) is 11.1 Å². The fourth-order valence-electron chi connectivity index (χ4n) is 2.15. The summed E-state index contributed by atoms with van der Waals surface area (Å²) >= 11 is 0. The largest absolute Gasteiger partial charge is 0.508 e. The van der Waals surface area contributed by atoms with Crippen molar-refractivity contribution in [3.05, 3.63) is 53.6 Å². The molecule has 2 aromatic carbocycles. The van der Waals surface area contributed by atoms with E-state index < -0.39 is 0 Å². The highest BCUT2D eigenvalue weighted by molar-refractivity contribution is 5.70. The second-order valence-corrected chi connectivity index (χ2v) is 4.21. The third-order valence-electron chi connectivity index (χ3n) is 3.15. The van der Waals surface area contributed by atoms with E-state index in [1.54, 1.807) is 0 Å². The predicted molar refractivity (Wildman–Crippen MR) is 72.3 cm³/mol. The van der Waals surface area contributed by atoms with Gasteiger partial charge in [-0.3, -0.25) is 0 Å². The number of rotatable bonds is 3. The second-order valence-electron chi connectivity index (χ2n) is 4.21. The summed E-state index contributed by atoms with van der Waals surface area (Å²) in [6, 6.07) is 14.2. The highest BCUT2D eigenvalue weighted by Gasteiger charge is 2.08. The highest BCUT2D eigenvalue weighted by Crippen LogP contribution is 2.31. The monoisotopic (exact) mass is 226 g/mol. The van der Waals surface area contributed by atoms with Crippen molar-refractivity contribution in [3.63, 3.8) is 0 Å². The maximum absolute atomic E-state index is 9.97. The van der Waals surface area contributed by atoms with Crippen molar-refractivity contribution in [1.29, 1.82) is 0 Å². The van der Waals surface area contributed by atoms with Crippen molar-refractivity contribution >= 4 is 0 Å². The molecule has 0 atom stereocenters. The first-order chi connectivity index (χ1) is 8.26. The minimum absolute atomic E-state index is 0.406. The lowest BCUT2D eigenvalue weighted by atomic mass is 9.94. The normalized spacial score (nSPS) is 10.5. The first kappa shape index (κ1) is 11.7. The van der Waals surface area contributed by atoms with Gasteiger partial charge in [0.05, 0.1) is 0 Å². The number of aryl methyl sites for hydroxylation is 2. The van der Waals surface area contributed by atoms with Gasteiger partial charge in [-0.05, 0) is 41.2 Å². The molecule has 1 heteroatoms. The third-order valence-corrected chi connectivity index (χ3v) is 3.15. The minimum Gasteiger partial charge on any atom is -0.508 e. The molecular formula is C16H18O. The molecule has 0 heterocycles. The Morgan fingerprint density at radius 2 is 1.53 bits per heavy atom. The van der Waals surface area contributed by atoms with Crippen molar-refractivity contribution in [1.82, 2.24) is 0 Å². The van der Waals surface area contributed by atoms with Crippen molar-refractivity contribution in [2.24, 2.45) is 0 Å². The van der Waals surface area contributed by atoms with Gasteiger partial charge < -0.3 is 5.11 Å². The third kappa shape index (κ3) is 2.33. The number of aromatic hydroxyl groups is 1. The van der Waals surface area contributed by atoms with Crippen molar-refractivity contribution < 1.29 is 5.11 Å². The Kier molecular flexibility index (Phi) is 3.48. The van der Waals surface area contributed by atoms with E-state index in [0.717, 1.165) is 24.0 Å². The lowest BCUT2D eigenvalue weighted by Crippen LogP contribution is -1.92. The average Bonchev–Trinajstić information content (AvgIpc) is 2.39. The van der Waals surface area contributed by atoms with Gasteiger partial charge in [0.2, 0.25) is 0 Å².